The number of amides is 1. The van der Waals surface area contributed by atoms with Gasteiger partial charge in [-0.15, -0.1) is 0 Å². The lowest BCUT2D eigenvalue weighted by atomic mass is 9.78. The van der Waals surface area contributed by atoms with Crippen molar-refractivity contribution in [1.82, 2.24) is 10.2 Å². The number of carbonyl (C=O) groups excluding carboxylic acids is 1. The van der Waals surface area contributed by atoms with Gasteiger partial charge in [0, 0.05) is 31.6 Å². The lowest BCUT2D eigenvalue weighted by molar-refractivity contribution is -0.188. The van der Waals surface area contributed by atoms with Crippen LogP contribution in [0, 0.1) is 17.3 Å². The van der Waals surface area contributed by atoms with Crippen molar-refractivity contribution in [3.05, 3.63) is 0 Å². The van der Waals surface area contributed by atoms with Crippen LogP contribution in [0.15, 0.2) is 0 Å². The highest BCUT2D eigenvalue weighted by atomic mass is 16.5. The molecule has 0 saturated carbocycles. The molecule has 0 bridgehead atoms. The molecule has 82 valence electrons. The summed E-state index contributed by atoms with van der Waals surface area (Å²) in [6.45, 7) is 7.32. The summed E-state index contributed by atoms with van der Waals surface area (Å²) in [5.41, 5.74) is 0.466. The van der Waals surface area contributed by atoms with E-state index in [1.54, 1.807) is 6.92 Å². The van der Waals surface area contributed by atoms with E-state index in [2.05, 4.69) is 22.1 Å². The van der Waals surface area contributed by atoms with Gasteiger partial charge < -0.3 is 15.0 Å². The minimum atomic E-state index is -0.181. The second kappa shape index (κ2) is 4.21. The molecule has 0 radical (unpaired) electrons. The third kappa shape index (κ3) is 2.31. The predicted molar refractivity (Wildman–Crippen MR) is 56.2 cm³/mol. The van der Waals surface area contributed by atoms with Gasteiger partial charge in [-0.05, 0) is 12.8 Å². The molecule has 0 aromatic heterocycles. The van der Waals surface area contributed by atoms with Crippen LogP contribution in [0.4, 0.5) is 0 Å². The second-order valence-corrected chi connectivity index (χ2v) is 4.33. The Hall–Kier alpha value is -1.05. The largest absolute Gasteiger partial charge is 0.380 e. The van der Waals surface area contributed by atoms with Gasteiger partial charge in [0.1, 0.15) is 0 Å². The summed E-state index contributed by atoms with van der Waals surface area (Å²) in [7, 11) is 0. The van der Waals surface area contributed by atoms with E-state index in [4.69, 9.17) is 4.74 Å². The molecule has 2 heterocycles. The van der Waals surface area contributed by atoms with Crippen LogP contribution in [-0.2, 0) is 9.53 Å². The Labute approximate surface area is 90.0 Å². The SMILES string of the molecule is CC#CC(=O)NCCN1CC2(COC2)C1. The Balaban J connectivity index is 1.56. The van der Waals surface area contributed by atoms with Crippen LogP contribution in [0.25, 0.3) is 0 Å². The first-order valence-electron chi connectivity index (χ1n) is 5.25. The van der Waals surface area contributed by atoms with Crippen LogP contribution >= 0.6 is 0 Å². The summed E-state index contributed by atoms with van der Waals surface area (Å²) in [5, 5.41) is 2.76. The van der Waals surface area contributed by atoms with E-state index in [9.17, 15) is 4.79 Å². The molecule has 0 aromatic rings. The molecule has 2 saturated heterocycles. The lowest BCUT2D eigenvalue weighted by Crippen LogP contribution is -2.66. The average Bonchev–Trinajstić information content (AvgIpc) is 2.06. The molecule has 0 aromatic carbocycles. The Morgan fingerprint density at radius 3 is 2.80 bits per heavy atom. The molecule has 1 amide bonds. The number of carbonyl (C=O) groups is 1. The Morgan fingerprint density at radius 1 is 1.53 bits per heavy atom. The van der Waals surface area contributed by atoms with Gasteiger partial charge in [-0.3, -0.25) is 4.79 Å². The van der Waals surface area contributed by atoms with Gasteiger partial charge in [0.2, 0.25) is 0 Å². The van der Waals surface area contributed by atoms with E-state index in [-0.39, 0.29) is 5.91 Å². The van der Waals surface area contributed by atoms with Crippen LogP contribution in [0.1, 0.15) is 6.92 Å². The molecular weight excluding hydrogens is 192 g/mol. The smallest absolute Gasteiger partial charge is 0.295 e. The fourth-order valence-electron chi connectivity index (χ4n) is 2.12. The zero-order valence-electron chi connectivity index (χ0n) is 9.01. The number of nitrogens with zero attached hydrogens (tertiary/aromatic N) is 1. The van der Waals surface area contributed by atoms with E-state index < -0.39 is 0 Å². The van der Waals surface area contributed by atoms with E-state index in [1.165, 1.54) is 0 Å². The summed E-state index contributed by atoms with van der Waals surface area (Å²) >= 11 is 0. The maximum Gasteiger partial charge on any atom is 0.295 e. The molecule has 4 nitrogen and oxygen atoms in total. The topological polar surface area (TPSA) is 41.6 Å². The van der Waals surface area contributed by atoms with Crippen molar-refractivity contribution in [3.63, 3.8) is 0 Å². The summed E-state index contributed by atoms with van der Waals surface area (Å²) in [4.78, 5) is 13.3. The molecule has 4 heteroatoms. The Bertz CT molecular complexity index is 304. The van der Waals surface area contributed by atoms with E-state index >= 15 is 0 Å². The minimum absolute atomic E-state index is 0.181. The number of nitrogens with one attached hydrogen (secondary N) is 1. The van der Waals surface area contributed by atoms with Crippen LogP contribution in [0.3, 0.4) is 0 Å². The average molecular weight is 208 g/mol. The van der Waals surface area contributed by atoms with Crippen molar-refractivity contribution in [2.75, 3.05) is 39.4 Å². The number of hydrogen-bond donors (Lipinski definition) is 1. The molecule has 0 atom stereocenters. The monoisotopic (exact) mass is 208 g/mol. The van der Waals surface area contributed by atoms with E-state index in [0.717, 1.165) is 32.8 Å². The van der Waals surface area contributed by atoms with Crippen molar-refractivity contribution in [3.8, 4) is 11.8 Å². The van der Waals surface area contributed by atoms with Gasteiger partial charge in [0.25, 0.3) is 5.91 Å². The molecule has 15 heavy (non-hydrogen) atoms. The second-order valence-electron chi connectivity index (χ2n) is 4.33. The maximum atomic E-state index is 11.0. The van der Waals surface area contributed by atoms with Crippen molar-refractivity contribution < 1.29 is 9.53 Å². The van der Waals surface area contributed by atoms with Crippen LogP contribution in [0.2, 0.25) is 0 Å². The van der Waals surface area contributed by atoms with Crippen molar-refractivity contribution >= 4 is 5.91 Å². The number of rotatable bonds is 3. The fraction of sp³-hybridized carbons (Fsp3) is 0.727. The van der Waals surface area contributed by atoms with Gasteiger partial charge in [-0.1, -0.05) is 5.92 Å². The fourth-order valence-corrected chi connectivity index (χ4v) is 2.12. The predicted octanol–water partition coefficient (Wildman–Crippen LogP) is -0.542. The highest BCUT2D eigenvalue weighted by Crippen LogP contribution is 2.36. The first-order valence-corrected chi connectivity index (χ1v) is 5.25. The van der Waals surface area contributed by atoms with Crippen LogP contribution in [0.5, 0.6) is 0 Å². The molecule has 0 aliphatic carbocycles. The van der Waals surface area contributed by atoms with E-state index in [1.807, 2.05) is 0 Å². The van der Waals surface area contributed by atoms with Gasteiger partial charge >= 0.3 is 0 Å². The standard InChI is InChI=1S/C11H16N2O2/c1-2-3-10(14)12-4-5-13-6-11(7-13)8-15-9-11/h4-9H2,1H3,(H,12,14). The lowest BCUT2D eigenvalue weighted by Gasteiger charge is -2.55. The highest BCUT2D eigenvalue weighted by molar-refractivity contribution is 5.93. The number of likely N-dealkylation sites (tertiary alicyclic amines) is 1. The van der Waals surface area contributed by atoms with Crippen molar-refractivity contribution in [2.24, 2.45) is 5.41 Å². The van der Waals surface area contributed by atoms with Crippen LogP contribution in [-0.4, -0.2) is 50.2 Å². The Kier molecular flexibility index (Phi) is 2.94. The molecule has 0 unspecified atom stereocenters. The van der Waals surface area contributed by atoms with Crippen LogP contribution < -0.4 is 5.32 Å². The third-order valence-corrected chi connectivity index (χ3v) is 2.89. The number of hydrogen-bond acceptors (Lipinski definition) is 3. The third-order valence-electron chi connectivity index (χ3n) is 2.89. The van der Waals surface area contributed by atoms with Gasteiger partial charge in [0.05, 0.1) is 13.2 Å². The molecule has 1 N–H and O–H groups in total. The molecule has 2 rings (SSSR count). The summed E-state index contributed by atoms with van der Waals surface area (Å²) in [6.07, 6.45) is 0. The van der Waals surface area contributed by atoms with E-state index in [0.29, 0.717) is 12.0 Å². The zero-order valence-corrected chi connectivity index (χ0v) is 9.01. The molecular formula is C11H16N2O2. The summed E-state index contributed by atoms with van der Waals surface area (Å²) < 4.78 is 5.19. The first kappa shape index (κ1) is 10.5. The van der Waals surface area contributed by atoms with Gasteiger partial charge in [-0.2, -0.15) is 0 Å². The Morgan fingerprint density at radius 2 is 2.27 bits per heavy atom. The molecule has 2 fully saturated rings. The normalized spacial score (nSPS) is 22.2. The molecule has 2 aliphatic heterocycles. The molecule has 1 spiro atoms. The van der Waals surface area contributed by atoms with Crippen molar-refractivity contribution in [2.45, 2.75) is 6.92 Å². The quantitative estimate of drug-likeness (QED) is 0.633. The maximum absolute atomic E-state index is 11.0. The molecule has 2 aliphatic rings. The number of ether oxygens (including phenoxy) is 1. The highest BCUT2D eigenvalue weighted by Gasteiger charge is 2.48. The van der Waals surface area contributed by atoms with Gasteiger partial charge in [0.15, 0.2) is 0 Å². The summed E-state index contributed by atoms with van der Waals surface area (Å²) in [5.74, 6) is 4.85. The minimum Gasteiger partial charge on any atom is -0.380 e. The summed E-state index contributed by atoms with van der Waals surface area (Å²) in [6, 6.07) is 0. The zero-order chi connectivity index (χ0) is 10.7. The van der Waals surface area contributed by atoms with Crippen molar-refractivity contribution in [1.29, 1.82) is 0 Å². The van der Waals surface area contributed by atoms with Gasteiger partial charge in [-0.25, -0.2) is 0 Å². The first-order chi connectivity index (χ1) is 7.24.